The van der Waals surface area contributed by atoms with Gasteiger partial charge in [0.05, 0.1) is 0 Å². The molecule has 0 amide bonds. The standard InChI is InChI=1S/C9H17NO2/c1-2-8-12-9(11)6-4-3-5-7-10/h1,9,11H,3-8,10H2. The Labute approximate surface area is 73.9 Å². The van der Waals surface area contributed by atoms with Crippen molar-refractivity contribution in [3.63, 3.8) is 0 Å². The first-order chi connectivity index (χ1) is 5.81. The third kappa shape index (κ3) is 7.55. The molecule has 12 heavy (non-hydrogen) atoms. The lowest BCUT2D eigenvalue weighted by Gasteiger charge is -2.08. The summed E-state index contributed by atoms with van der Waals surface area (Å²) in [5, 5.41) is 9.13. The first-order valence-corrected chi connectivity index (χ1v) is 4.24. The molecule has 0 bridgehead atoms. The lowest BCUT2D eigenvalue weighted by molar-refractivity contribution is -0.0919. The topological polar surface area (TPSA) is 55.5 Å². The predicted molar refractivity (Wildman–Crippen MR) is 48.3 cm³/mol. The van der Waals surface area contributed by atoms with E-state index in [2.05, 4.69) is 5.92 Å². The minimum Gasteiger partial charge on any atom is -0.368 e. The van der Waals surface area contributed by atoms with Gasteiger partial charge in [0.15, 0.2) is 6.29 Å². The highest BCUT2D eigenvalue weighted by atomic mass is 16.6. The number of hydrogen-bond donors (Lipinski definition) is 2. The maximum atomic E-state index is 9.13. The fourth-order valence-electron chi connectivity index (χ4n) is 0.868. The molecule has 0 aromatic carbocycles. The lowest BCUT2D eigenvalue weighted by atomic mass is 10.2. The van der Waals surface area contributed by atoms with E-state index in [1.165, 1.54) is 0 Å². The Balaban J connectivity index is 3.09. The van der Waals surface area contributed by atoms with Crippen LogP contribution < -0.4 is 5.73 Å². The van der Waals surface area contributed by atoms with Gasteiger partial charge < -0.3 is 15.6 Å². The molecule has 0 saturated carbocycles. The van der Waals surface area contributed by atoms with Crippen LogP contribution in [0.4, 0.5) is 0 Å². The molecule has 3 heteroatoms. The second kappa shape index (κ2) is 8.54. The summed E-state index contributed by atoms with van der Waals surface area (Å²) in [5.41, 5.74) is 5.31. The van der Waals surface area contributed by atoms with Gasteiger partial charge in [0.2, 0.25) is 0 Å². The first kappa shape index (κ1) is 11.4. The van der Waals surface area contributed by atoms with Gasteiger partial charge in [0, 0.05) is 0 Å². The zero-order chi connectivity index (χ0) is 9.23. The van der Waals surface area contributed by atoms with Crippen molar-refractivity contribution >= 4 is 0 Å². The number of terminal acetylenes is 1. The number of nitrogens with two attached hydrogens (primary N) is 1. The lowest BCUT2D eigenvalue weighted by Crippen LogP contribution is -2.12. The van der Waals surface area contributed by atoms with Crippen LogP contribution in [0.1, 0.15) is 25.7 Å². The van der Waals surface area contributed by atoms with E-state index in [-0.39, 0.29) is 6.61 Å². The third-order valence-electron chi connectivity index (χ3n) is 1.51. The van der Waals surface area contributed by atoms with Gasteiger partial charge in [-0.2, -0.15) is 0 Å². The molecule has 0 fully saturated rings. The quantitative estimate of drug-likeness (QED) is 0.332. The minimum absolute atomic E-state index is 0.179. The van der Waals surface area contributed by atoms with E-state index in [0.717, 1.165) is 19.3 Å². The van der Waals surface area contributed by atoms with Gasteiger partial charge in [-0.25, -0.2) is 0 Å². The summed E-state index contributed by atoms with van der Waals surface area (Å²) in [6.45, 7) is 0.888. The Hall–Kier alpha value is -0.560. The summed E-state index contributed by atoms with van der Waals surface area (Å²) in [6.07, 6.45) is 7.85. The summed E-state index contributed by atoms with van der Waals surface area (Å²) in [6, 6.07) is 0. The van der Waals surface area contributed by atoms with Crippen molar-refractivity contribution in [2.45, 2.75) is 32.0 Å². The van der Waals surface area contributed by atoms with Crippen LogP contribution in [0.5, 0.6) is 0 Å². The monoisotopic (exact) mass is 171 g/mol. The molecule has 3 nitrogen and oxygen atoms in total. The van der Waals surface area contributed by atoms with Gasteiger partial charge in [-0.05, 0) is 25.8 Å². The Kier molecular flexibility index (Phi) is 8.14. The first-order valence-electron chi connectivity index (χ1n) is 4.24. The van der Waals surface area contributed by atoms with Crippen molar-refractivity contribution in [3.05, 3.63) is 0 Å². The van der Waals surface area contributed by atoms with E-state index >= 15 is 0 Å². The number of aliphatic hydroxyl groups is 1. The second-order valence-electron chi connectivity index (χ2n) is 2.61. The molecule has 0 aliphatic rings. The normalized spacial score (nSPS) is 12.4. The van der Waals surface area contributed by atoms with Crippen LogP contribution in [0.2, 0.25) is 0 Å². The molecule has 0 aliphatic carbocycles. The zero-order valence-electron chi connectivity index (χ0n) is 7.33. The van der Waals surface area contributed by atoms with Gasteiger partial charge in [-0.1, -0.05) is 12.3 Å². The Morgan fingerprint density at radius 3 is 2.75 bits per heavy atom. The second-order valence-corrected chi connectivity index (χ2v) is 2.61. The molecule has 0 aromatic heterocycles. The predicted octanol–water partition coefficient (Wildman–Crippen LogP) is 0.474. The van der Waals surface area contributed by atoms with E-state index in [1.807, 2.05) is 0 Å². The number of unbranched alkanes of at least 4 members (excludes halogenated alkanes) is 2. The van der Waals surface area contributed by atoms with Gasteiger partial charge in [-0.15, -0.1) is 6.42 Å². The van der Waals surface area contributed by atoms with Crippen molar-refractivity contribution in [2.24, 2.45) is 5.73 Å². The molecule has 0 heterocycles. The van der Waals surface area contributed by atoms with Crippen LogP contribution in [0.15, 0.2) is 0 Å². The highest BCUT2D eigenvalue weighted by Gasteiger charge is 2.01. The summed E-state index contributed by atoms with van der Waals surface area (Å²) in [5.74, 6) is 2.30. The van der Waals surface area contributed by atoms with E-state index < -0.39 is 6.29 Å². The van der Waals surface area contributed by atoms with Crippen LogP contribution in [-0.2, 0) is 4.74 Å². The summed E-state index contributed by atoms with van der Waals surface area (Å²) in [7, 11) is 0. The molecule has 0 aliphatic heterocycles. The molecular formula is C9H17NO2. The maximum absolute atomic E-state index is 9.13. The average molecular weight is 171 g/mol. The number of hydrogen-bond acceptors (Lipinski definition) is 3. The van der Waals surface area contributed by atoms with Crippen molar-refractivity contribution in [3.8, 4) is 12.3 Å². The Morgan fingerprint density at radius 1 is 1.42 bits per heavy atom. The van der Waals surface area contributed by atoms with E-state index in [0.29, 0.717) is 13.0 Å². The number of aliphatic hydroxyl groups excluding tert-OH is 1. The molecule has 1 unspecified atom stereocenters. The fourth-order valence-corrected chi connectivity index (χ4v) is 0.868. The van der Waals surface area contributed by atoms with Crippen LogP contribution in [0.25, 0.3) is 0 Å². The smallest absolute Gasteiger partial charge is 0.155 e. The molecular weight excluding hydrogens is 154 g/mol. The summed E-state index contributed by atoms with van der Waals surface area (Å²) >= 11 is 0. The van der Waals surface area contributed by atoms with Crippen LogP contribution in [0.3, 0.4) is 0 Å². The fraction of sp³-hybridized carbons (Fsp3) is 0.778. The number of rotatable bonds is 7. The van der Waals surface area contributed by atoms with E-state index in [1.54, 1.807) is 0 Å². The highest BCUT2D eigenvalue weighted by Crippen LogP contribution is 2.03. The highest BCUT2D eigenvalue weighted by molar-refractivity contribution is 4.82. The molecule has 1 atom stereocenters. The van der Waals surface area contributed by atoms with Gasteiger partial charge in [0.25, 0.3) is 0 Å². The van der Waals surface area contributed by atoms with Crippen LogP contribution in [-0.4, -0.2) is 24.5 Å². The van der Waals surface area contributed by atoms with E-state index in [9.17, 15) is 0 Å². The zero-order valence-corrected chi connectivity index (χ0v) is 7.33. The molecule has 0 rings (SSSR count). The van der Waals surface area contributed by atoms with Gasteiger partial charge in [0.1, 0.15) is 6.61 Å². The van der Waals surface area contributed by atoms with Crippen molar-refractivity contribution < 1.29 is 9.84 Å². The SMILES string of the molecule is C#CCOC(O)CCCCCN. The third-order valence-corrected chi connectivity index (χ3v) is 1.51. The van der Waals surface area contributed by atoms with Crippen molar-refractivity contribution in [1.29, 1.82) is 0 Å². The van der Waals surface area contributed by atoms with Crippen LogP contribution in [0, 0.1) is 12.3 Å². The molecule has 0 aromatic rings. The minimum atomic E-state index is -0.709. The Morgan fingerprint density at radius 2 is 2.17 bits per heavy atom. The number of ether oxygens (including phenoxy) is 1. The van der Waals surface area contributed by atoms with Crippen molar-refractivity contribution in [2.75, 3.05) is 13.2 Å². The summed E-state index contributed by atoms with van der Waals surface area (Å²) < 4.78 is 4.86. The van der Waals surface area contributed by atoms with Gasteiger partial charge in [-0.3, -0.25) is 0 Å². The molecule has 70 valence electrons. The summed E-state index contributed by atoms with van der Waals surface area (Å²) in [4.78, 5) is 0. The van der Waals surface area contributed by atoms with Gasteiger partial charge >= 0.3 is 0 Å². The maximum Gasteiger partial charge on any atom is 0.155 e. The molecule has 0 spiro atoms. The average Bonchev–Trinajstić information content (AvgIpc) is 2.09. The largest absolute Gasteiger partial charge is 0.368 e. The van der Waals surface area contributed by atoms with Crippen LogP contribution >= 0.6 is 0 Å². The van der Waals surface area contributed by atoms with E-state index in [4.69, 9.17) is 22.0 Å². The Bertz CT molecular complexity index is 131. The molecule has 3 N–H and O–H groups in total. The molecule has 0 radical (unpaired) electrons. The molecule has 0 saturated heterocycles. The van der Waals surface area contributed by atoms with Crippen molar-refractivity contribution in [1.82, 2.24) is 0 Å².